The van der Waals surface area contributed by atoms with E-state index < -0.39 is 16.1 Å². The Morgan fingerprint density at radius 2 is 1.79 bits per heavy atom. The van der Waals surface area contributed by atoms with Crippen molar-refractivity contribution in [3.8, 4) is 5.75 Å². The maximum atomic E-state index is 12.8. The summed E-state index contributed by atoms with van der Waals surface area (Å²) in [5.74, 6) is -0.258. The standard InChI is InChI=1S/C21H21NO6S/c1-13-9-10-14(2)20(11-13)29(24,25)28-19-8-6-5-7-17(19)21(23)26-12-18-15(3)22-27-16(18)4/h5-11H,12H2,1-4H3. The minimum atomic E-state index is -4.13. The van der Waals surface area contributed by atoms with Crippen molar-refractivity contribution in [2.45, 2.75) is 39.2 Å². The van der Waals surface area contributed by atoms with Gasteiger partial charge in [0.15, 0.2) is 5.75 Å². The van der Waals surface area contributed by atoms with Crippen LogP contribution in [0.25, 0.3) is 0 Å². The molecule has 0 atom stereocenters. The van der Waals surface area contributed by atoms with Crippen LogP contribution in [0.3, 0.4) is 0 Å². The maximum absolute atomic E-state index is 12.8. The molecule has 152 valence electrons. The molecule has 2 aromatic carbocycles. The second-order valence-electron chi connectivity index (χ2n) is 6.68. The van der Waals surface area contributed by atoms with E-state index in [9.17, 15) is 13.2 Å². The van der Waals surface area contributed by atoms with E-state index in [1.165, 1.54) is 18.2 Å². The minimum absolute atomic E-state index is 0.00754. The van der Waals surface area contributed by atoms with Crippen molar-refractivity contribution in [2.24, 2.45) is 0 Å². The molecule has 29 heavy (non-hydrogen) atoms. The van der Waals surface area contributed by atoms with Crippen LogP contribution in [-0.2, 0) is 21.5 Å². The van der Waals surface area contributed by atoms with Crippen LogP contribution in [0.2, 0.25) is 0 Å². The molecule has 0 bridgehead atoms. The van der Waals surface area contributed by atoms with Gasteiger partial charge in [-0.1, -0.05) is 29.4 Å². The van der Waals surface area contributed by atoms with Gasteiger partial charge in [-0.25, -0.2) is 4.79 Å². The van der Waals surface area contributed by atoms with Gasteiger partial charge in [-0.05, 0) is 57.0 Å². The number of nitrogens with zero attached hydrogens (tertiary/aromatic N) is 1. The summed E-state index contributed by atoms with van der Waals surface area (Å²) in [6.07, 6.45) is 0. The van der Waals surface area contributed by atoms with Crippen molar-refractivity contribution in [3.63, 3.8) is 0 Å². The number of aromatic nitrogens is 1. The third-order valence-electron chi connectivity index (χ3n) is 4.45. The van der Waals surface area contributed by atoms with Gasteiger partial charge in [0.1, 0.15) is 22.8 Å². The highest BCUT2D eigenvalue weighted by atomic mass is 32.2. The number of aryl methyl sites for hydroxylation is 4. The normalized spacial score (nSPS) is 11.3. The number of ether oxygens (including phenoxy) is 1. The lowest BCUT2D eigenvalue weighted by Crippen LogP contribution is -2.15. The quantitative estimate of drug-likeness (QED) is 0.443. The number of rotatable bonds is 6. The second kappa shape index (κ2) is 8.08. The van der Waals surface area contributed by atoms with Gasteiger partial charge in [0.25, 0.3) is 0 Å². The monoisotopic (exact) mass is 415 g/mol. The molecule has 0 fully saturated rings. The third-order valence-corrected chi connectivity index (χ3v) is 5.83. The molecule has 0 aliphatic heterocycles. The molecule has 0 radical (unpaired) electrons. The summed E-state index contributed by atoms with van der Waals surface area (Å²) in [6.45, 7) is 6.89. The first kappa shape index (κ1) is 20.6. The number of benzene rings is 2. The van der Waals surface area contributed by atoms with Gasteiger partial charge in [0.2, 0.25) is 0 Å². The van der Waals surface area contributed by atoms with Crippen LogP contribution in [0.5, 0.6) is 5.75 Å². The highest BCUT2D eigenvalue weighted by Gasteiger charge is 2.24. The Balaban J connectivity index is 1.85. The van der Waals surface area contributed by atoms with Crippen molar-refractivity contribution < 1.29 is 26.7 Å². The van der Waals surface area contributed by atoms with Crippen LogP contribution >= 0.6 is 0 Å². The molecule has 0 amide bonds. The van der Waals surface area contributed by atoms with E-state index in [0.717, 1.165) is 5.56 Å². The molecule has 3 aromatic rings. The van der Waals surface area contributed by atoms with Crippen molar-refractivity contribution in [1.29, 1.82) is 0 Å². The van der Waals surface area contributed by atoms with Crippen LogP contribution in [0, 0.1) is 27.7 Å². The Hall–Kier alpha value is -3.13. The highest BCUT2D eigenvalue weighted by Crippen LogP contribution is 2.26. The third kappa shape index (κ3) is 4.48. The fraction of sp³-hybridized carbons (Fsp3) is 0.238. The average Bonchev–Trinajstić information content (AvgIpc) is 2.99. The van der Waals surface area contributed by atoms with Crippen molar-refractivity contribution >= 4 is 16.1 Å². The predicted molar refractivity (Wildman–Crippen MR) is 105 cm³/mol. The molecular weight excluding hydrogens is 394 g/mol. The van der Waals surface area contributed by atoms with Crippen LogP contribution < -0.4 is 4.18 Å². The SMILES string of the molecule is Cc1ccc(C)c(S(=O)(=O)Oc2ccccc2C(=O)OCc2c(C)noc2C)c1. The molecular formula is C21H21NO6S. The summed E-state index contributed by atoms with van der Waals surface area (Å²) < 4.78 is 41.2. The van der Waals surface area contributed by atoms with Gasteiger partial charge in [0.05, 0.1) is 11.3 Å². The Morgan fingerprint density at radius 3 is 2.48 bits per heavy atom. The van der Waals surface area contributed by atoms with E-state index in [1.54, 1.807) is 45.9 Å². The van der Waals surface area contributed by atoms with Gasteiger partial charge in [-0.3, -0.25) is 0 Å². The van der Waals surface area contributed by atoms with Crippen LogP contribution in [0.1, 0.15) is 38.5 Å². The average molecular weight is 415 g/mol. The number of para-hydroxylation sites is 1. The zero-order valence-corrected chi connectivity index (χ0v) is 17.4. The van der Waals surface area contributed by atoms with Gasteiger partial charge in [-0.2, -0.15) is 8.42 Å². The molecule has 0 aliphatic carbocycles. The summed E-state index contributed by atoms with van der Waals surface area (Å²) >= 11 is 0. The lowest BCUT2D eigenvalue weighted by molar-refractivity contribution is 0.0469. The van der Waals surface area contributed by atoms with E-state index in [1.807, 2.05) is 6.07 Å². The van der Waals surface area contributed by atoms with Crippen molar-refractivity contribution in [3.05, 3.63) is 76.2 Å². The molecule has 0 aliphatic rings. The van der Waals surface area contributed by atoms with Crippen LogP contribution in [0.4, 0.5) is 0 Å². The van der Waals surface area contributed by atoms with Gasteiger partial charge in [0, 0.05) is 0 Å². The van der Waals surface area contributed by atoms with Crippen LogP contribution in [-0.4, -0.2) is 19.5 Å². The summed E-state index contributed by atoms with van der Waals surface area (Å²) in [6, 6.07) is 11.1. The number of hydrogen-bond donors (Lipinski definition) is 0. The lowest BCUT2D eigenvalue weighted by atomic mass is 10.2. The highest BCUT2D eigenvalue weighted by molar-refractivity contribution is 7.87. The number of carbonyl (C=O) groups excluding carboxylic acids is 1. The van der Waals surface area contributed by atoms with E-state index in [0.29, 0.717) is 22.6 Å². The van der Waals surface area contributed by atoms with Gasteiger partial charge >= 0.3 is 16.1 Å². The van der Waals surface area contributed by atoms with E-state index in [2.05, 4.69) is 5.16 Å². The Labute approximate surface area is 169 Å². The number of hydrogen-bond acceptors (Lipinski definition) is 7. The zero-order chi connectivity index (χ0) is 21.2. The molecule has 8 heteroatoms. The Bertz CT molecular complexity index is 1140. The molecule has 0 N–H and O–H groups in total. The van der Waals surface area contributed by atoms with Crippen molar-refractivity contribution in [1.82, 2.24) is 5.16 Å². The second-order valence-corrected chi connectivity index (χ2v) is 8.20. The van der Waals surface area contributed by atoms with Gasteiger partial charge in [-0.15, -0.1) is 0 Å². The first-order valence-electron chi connectivity index (χ1n) is 8.88. The molecule has 0 unspecified atom stereocenters. The molecule has 1 heterocycles. The Kier molecular flexibility index (Phi) is 5.74. The number of esters is 1. The fourth-order valence-electron chi connectivity index (χ4n) is 2.77. The molecule has 1 aromatic heterocycles. The fourth-order valence-corrected chi connectivity index (χ4v) is 4.04. The van der Waals surface area contributed by atoms with E-state index in [4.69, 9.17) is 13.4 Å². The summed E-state index contributed by atoms with van der Waals surface area (Å²) in [7, 11) is -4.13. The summed E-state index contributed by atoms with van der Waals surface area (Å²) in [5.41, 5.74) is 2.63. The molecule has 3 rings (SSSR count). The van der Waals surface area contributed by atoms with E-state index >= 15 is 0 Å². The summed E-state index contributed by atoms with van der Waals surface area (Å²) in [4.78, 5) is 12.6. The predicted octanol–water partition coefficient (Wildman–Crippen LogP) is 4.03. The maximum Gasteiger partial charge on any atom is 0.342 e. The first-order valence-corrected chi connectivity index (χ1v) is 10.3. The largest absolute Gasteiger partial charge is 0.457 e. The zero-order valence-electron chi connectivity index (χ0n) is 16.6. The smallest absolute Gasteiger partial charge is 0.342 e. The summed E-state index contributed by atoms with van der Waals surface area (Å²) in [5, 5.41) is 3.81. The first-order chi connectivity index (χ1) is 13.7. The van der Waals surface area contributed by atoms with Gasteiger partial charge < -0.3 is 13.4 Å². The molecule has 7 nitrogen and oxygen atoms in total. The Morgan fingerprint density at radius 1 is 1.07 bits per heavy atom. The van der Waals surface area contributed by atoms with Crippen molar-refractivity contribution in [2.75, 3.05) is 0 Å². The molecule has 0 saturated heterocycles. The number of carbonyl (C=O) groups is 1. The van der Waals surface area contributed by atoms with E-state index in [-0.39, 0.29) is 22.8 Å². The topological polar surface area (TPSA) is 95.7 Å². The molecule has 0 saturated carbocycles. The van der Waals surface area contributed by atoms with Crippen LogP contribution in [0.15, 0.2) is 51.9 Å². The lowest BCUT2D eigenvalue weighted by Gasteiger charge is -2.13. The molecule has 0 spiro atoms. The minimum Gasteiger partial charge on any atom is -0.457 e.